The van der Waals surface area contributed by atoms with Crippen molar-refractivity contribution in [1.82, 2.24) is 8.68 Å². The number of benzene rings is 4. The van der Waals surface area contributed by atoms with Crippen molar-refractivity contribution in [3.05, 3.63) is 226 Å². The van der Waals surface area contributed by atoms with Crippen LogP contribution in [0.25, 0.3) is 22.3 Å². The van der Waals surface area contributed by atoms with Gasteiger partial charge in [0.25, 0.3) is 0 Å². The Hall–Kier alpha value is -5.88. The normalized spacial score (nSPS) is 16.5. The highest BCUT2D eigenvalue weighted by Crippen LogP contribution is 2.57. The minimum Gasteiger partial charge on any atom is -1.00 e. The number of fused-ring (bicyclic) bond motifs is 2. The van der Waals surface area contributed by atoms with Crippen LogP contribution in [-0.4, -0.2) is 29.9 Å². The fourth-order valence-corrected chi connectivity index (χ4v) is 9.69. The summed E-state index contributed by atoms with van der Waals surface area (Å²) in [5.41, 5.74) is 11.2. The molecular formula is C44H30ClN4O2P. The molecule has 6 heterocycles. The van der Waals surface area contributed by atoms with Crippen LogP contribution >= 0.6 is 8.02 Å². The molecule has 0 unspecified atom stereocenters. The summed E-state index contributed by atoms with van der Waals surface area (Å²) in [5.74, 6) is 0. The van der Waals surface area contributed by atoms with Gasteiger partial charge in [-0.3, -0.25) is 0 Å². The average Bonchev–Trinajstić information content (AvgIpc) is 4.00. The van der Waals surface area contributed by atoms with E-state index in [0.29, 0.717) is 22.1 Å². The molecule has 4 aliphatic heterocycles. The molecule has 0 aliphatic carbocycles. The van der Waals surface area contributed by atoms with Gasteiger partial charge < -0.3 is 12.4 Å². The number of hydrogen-bond donors (Lipinski definition) is 2. The van der Waals surface area contributed by atoms with Crippen LogP contribution in [0.4, 0.5) is 0 Å². The van der Waals surface area contributed by atoms with Crippen molar-refractivity contribution < 1.29 is 22.2 Å². The lowest BCUT2D eigenvalue weighted by molar-refractivity contribution is -0.0000130. The van der Waals surface area contributed by atoms with Gasteiger partial charge in [0.2, 0.25) is 0 Å². The van der Waals surface area contributed by atoms with Crippen molar-refractivity contribution in [3.63, 3.8) is 0 Å². The molecule has 0 fully saturated rings. The average molecular weight is 713 g/mol. The molecule has 4 aliphatic rings. The highest BCUT2D eigenvalue weighted by Gasteiger charge is 2.48. The molecule has 0 saturated heterocycles. The van der Waals surface area contributed by atoms with E-state index in [0.717, 1.165) is 67.4 Å². The molecule has 2 aromatic heterocycles. The van der Waals surface area contributed by atoms with Gasteiger partial charge in [0.05, 0.1) is 44.9 Å². The Morgan fingerprint density at radius 2 is 0.731 bits per heavy atom. The third-order valence-corrected chi connectivity index (χ3v) is 11.8. The first-order valence-electron chi connectivity index (χ1n) is 16.9. The molecule has 250 valence electrons. The zero-order valence-electron chi connectivity index (χ0n) is 27.7. The van der Waals surface area contributed by atoms with Gasteiger partial charge in [0.15, 0.2) is 0 Å². The maximum Gasteiger partial charge on any atom is 0.492 e. The van der Waals surface area contributed by atoms with E-state index in [1.807, 2.05) is 170 Å². The summed E-state index contributed by atoms with van der Waals surface area (Å²) in [5, 5.41) is 1.30. The molecule has 8 heteroatoms. The SMILES string of the molecule is O[P+]1(O)n2c3ccc2C(c2ccccc2)=C2C=CC(=N2)C(c2ccccc2)=c2ccc(n21)=C(c1ccccc1)C1=NC(=C3c2ccccc2)C=C1.[Cl-]. The van der Waals surface area contributed by atoms with Gasteiger partial charge in [-0.2, -0.15) is 9.79 Å². The van der Waals surface area contributed by atoms with E-state index in [1.165, 1.54) is 0 Å². The molecule has 6 nitrogen and oxygen atoms in total. The Morgan fingerprint density at radius 3 is 1.10 bits per heavy atom. The highest BCUT2D eigenvalue weighted by atomic mass is 35.5. The van der Waals surface area contributed by atoms with Crippen LogP contribution in [-0.2, 0) is 0 Å². The summed E-state index contributed by atoms with van der Waals surface area (Å²) < 4.78 is 3.52. The third kappa shape index (κ3) is 4.85. The molecule has 0 radical (unpaired) electrons. The van der Waals surface area contributed by atoms with Crippen LogP contribution in [0.2, 0.25) is 0 Å². The Bertz CT molecular complexity index is 2560. The Balaban J connectivity index is 0.00000360. The molecule has 52 heavy (non-hydrogen) atoms. The van der Waals surface area contributed by atoms with Gasteiger partial charge in [0.1, 0.15) is 0 Å². The predicted molar refractivity (Wildman–Crippen MR) is 206 cm³/mol. The first kappa shape index (κ1) is 32.1. The third-order valence-electron chi connectivity index (χ3n) is 9.83. The van der Waals surface area contributed by atoms with Gasteiger partial charge in [-0.1, -0.05) is 121 Å². The van der Waals surface area contributed by atoms with Gasteiger partial charge in [-0.05, 0) is 70.8 Å². The molecule has 0 amide bonds. The lowest BCUT2D eigenvalue weighted by Crippen LogP contribution is -3.00. The molecule has 0 spiro atoms. The fraction of sp³-hybridized carbons (Fsp3) is 0. The minimum absolute atomic E-state index is 0. The van der Waals surface area contributed by atoms with Crippen LogP contribution in [0.3, 0.4) is 0 Å². The lowest BCUT2D eigenvalue weighted by Gasteiger charge is -2.24. The van der Waals surface area contributed by atoms with Crippen molar-refractivity contribution in [1.29, 1.82) is 0 Å². The van der Waals surface area contributed by atoms with E-state index in [1.54, 1.807) is 8.68 Å². The van der Waals surface area contributed by atoms with Crippen LogP contribution in [0.1, 0.15) is 33.6 Å². The second-order valence-electron chi connectivity index (χ2n) is 12.8. The van der Waals surface area contributed by atoms with Crippen LogP contribution in [0, 0.1) is 0 Å². The molecular weight excluding hydrogens is 683 g/mol. The number of hydrogen-bond acceptors (Lipinski definition) is 4. The fourth-order valence-electron chi connectivity index (χ4n) is 7.69. The second kappa shape index (κ2) is 12.4. The quantitative estimate of drug-likeness (QED) is 0.268. The van der Waals surface area contributed by atoms with E-state index < -0.39 is 8.02 Å². The maximum atomic E-state index is 13.4. The largest absolute Gasteiger partial charge is 1.00 e. The first-order chi connectivity index (χ1) is 25.1. The molecule has 6 bridgehead atoms. The molecule has 0 atom stereocenters. The Labute approximate surface area is 307 Å². The zero-order chi connectivity index (χ0) is 34.1. The highest BCUT2D eigenvalue weighted by molar-refractivity contribution is 7.61. The molecule has 2 N–H and O–H groups in total. The lowest BCUT2D eigenvalue weighted by atomic mass is 10.0. The van der Waals surface area contributed by atoms with Crippen LogP contribution < -0.4 is 23.1 Å². The number of aliphatic imine (C=N–C) groups is 2. The van der Waals surface area contributed by atoms with Gasteiger partial charge in [0, 0.05) is 22.3 Å². The summed E-state index contributed by atoms with van der Waals surface area (Å²) in [6, 6.07) is 48.3. The van der Waals surface area contributed by atoms with E-state index in [9.17, 15) is 9.79 Å². The van der Waals surface area contributed by atoms with Crippen molar-refractivity contribution in [2.75, 3.05) is 0 Å². The number of halogens is 1. The van der Waals surface area contributed by atoms with Gasteiger partial charge >= 0.3 is 8.02 Å². The molecule has 0 saturated carbocycles. The van der Waals surface area contributed by atoms with Gasteiger partial charge in [-0.25, -0.2) is 9.98 Å². The summed E-state index contributed by atoms with van der Waals surface area (Å²) in [7, 11) is -4.35. The monoisotopic (exact) mass is 712 g/mol. The second-order valence-corrected chi connectivity index (χ2v) is 14.6. The summed E-state index contributed by atoms with van der Waals surface area (Å²) in [4.78, 5) is 37.4. The Kier molecular flexibility index (Phi) is 7.65. The molecule has 6 aromatic rings. The van der Waals surface area contributed by atoms with Crippen LogP contribution in [0.15, 0.2) is 191 Å². The number of nitrogens with zero attached hydrogens (tertiary/aromatic N) is 4. The van der Waals surface area contributed by atoms with Crippen molar-refractivity contribution in [2.24, 2.45) is 9.98 Å². The first-order valence-corrected chi connectivity index (χ1v) is 18.5. The smallest absolute Gasteiger partial charge is 0.492 e. The van der Waals surface area contributed by atoms with Crippen molar-refractivity contribution >= 4 is 41.7 Å². The zero-order valence-corrected chi connectivity index (χ0v) is 29.3. The van der Waals surface area contributed by atoms with E-state index in [2.05, 4.69) is 0 Å². The van der Waals surface area contributed by atoms with Gasteiger partial charge in [-0.15, -0.1) is 8.68 Å². The van der Waals surface area contributed by atoms with Crippen molar-refractivity contribution in [2.45, 2.75) is 0 Å². The predicted octanol–water partition coefficient (Wildman–Crippen LogP) is 4.32. The summed E-state index contributed by atoms with van der Waals surface area (Å²) in [6.07, 6.45) is 8.16. The maximum absolute atomic E-state index is 13.4. The standard InChI is InChI=1S/C44H30N4O2P.ClH/c49-51(50)47-37-25-26-38(47)43(31-17-9-3-10-18-31)35-23-24-36(46-35)44(32-19-11-4-12-20-32)40-28-27-39(48(40)51)42(30-15-7-2-8-16-30)34-22-21-33(45-34)41(37)29-13-5-1-6-14-29;/h1-28,49-50H;1H/q+1;/p-1. The van der Waals surface area contributed by atoms with E-state index in [4.69, 9.17) is 9.98 Å². The number of rotatable bonds is 4. The summed E-state index contributed by atoms with van der Waals surface area (Å²) >= 11 is 0. The minimum atomic E-state index is -4.35. The van der Waals surface area contributed by atoms with Crippen LogP contribution in [0.5, 0.6) is 0 Å². The molecule has 10 rings (SSSR count). The topological polar surface area (TPSA) is 75.0 Å². The number of aromatic nitrogens is 2. The number of allylic oxidation sites excluding steroid dienone is 4. The Morgan fingerprint density at radius 1 is 0.385 bits per heavy atom. The van der Waals surface area contributed by atoms with E-state index in [-0.39, 0.29) is 12.4 Å². The van der Waals surface area contributed by atoms with E-state index >= 15 is 0 Å². The molecule has 4 aromatic carbocycles. The summed E-state index contributed by atoms with van der Waals surface area (Å²) in [6.45, 7) is 0. The van der Waals surface area contributed by atoms with Crippen molar-refractivity contribution in [3.8, 4) is 0 Å².